The third-order valence-corrected chi connectivity index (χ3v) is 3.44. The zero-order valence-electron chi connectivity index (χ0n) is 11.9. The van der Waals surface area contributed by atoms with Crippen LogP contribution in [0.4, 0.5) is 0 Å². The number of carbonyl (C=O) groups is 2. The van der Waals surface area contributed by atoms with Gasteiger partial charge in [-0.25, -0.2) is 0 Å². The van der Waals surface area contributed by atoms with Gasteiger partial charge < -0.3 is 15.1 Å². The van der Waals surface area contributed by atoms with Gasteiger partial charge in [0.1, 0.15) is 0 Å². The lowest BCUT2D eigenvalue weighted by atomic mass is 9.91. The van der Waals surface area contributed by atoms with E-state index in [0.717, 1.165) is 19.5 Å². The van der Waals surface area contributed by atoms with Crippen LogP contribution in [0.25, 0.3) is 0 Å². The van der Waals surface area contributed by atoms with Crippen molar-refractivity contribution in [2.24, 2.45) is 11.8 Å². The molecule has 5 heteroatoms. The first-order valence-electron chi connectivity index (χ1n) is 6.65. The number of nitrogens with one attached hydrogen (secondary N) is 1. The second-order valence-electron chi connectivity index (χ2n) is 5.34. The van der Waals surface area contributed by atoms with E-state index < -0.39 is 0 Å². The fourth-order valence-corrected chi connectivity index (χ4v) is 2.25. The minimum atomic E-state index is -0.0259. The van der Waals surface area contributed by atoms with E-state index in [2.05, 4.69) is 12.2 Å². The highest BCUT2D eigenvalue weighted by atomic mass is 16.2. The third kappa shape index (κ3) is 3.98. The molecule has 5 nitrogen and oxygen atoms in total. The Kier molecular flexibility index (Phi) is 5.59. The zero-order valence-corrected chi connectivity index (χ0v) is 11.9. The first-order chi connectivity index (χ1) is 8.45. The standard InChI is InChI=1S/C13H25N3O2/c1-5-16(9-12(17)15(3)4)13(18)11-6-10(2)7-14-8-11/h10-11,14H,5-9H2,1-4H3. The van der Waals surface area contributed by atoms with Gasteiger partial charge in [0.2, 0.25) is 11.8 Å². The van der Waals surface area contributed by atoms with E-state index in [1.165, 1.54) is 4.90 Å². The summed E-state index contributed by atoms with van der Waals surface area (Å²) in [5, 5.41) is 3.28. The van der Waals surface area contributed by atoms with Gasteiger partial charge in [0.05, 0.1) is 12.5 Å². The molecule has 0 aromatic heterocycles. The van der Waals surface area contributed by atoms with Gasteiger partial charge in [-0.2, -0.15) is 0 Å². The SMILES string of the molecule is CCN(CC(=O)N(C)C)C(=O)C1CNCC(C)C1. The average molecular weight is 255 g/mol. The molecule has 0 bridgehead atoms. The Morgan fingerprint density at radius 2 is 1.94 bits per heavy atom. The second-order valence-corrected chi connectivity index (χ2v) is 5.34. The molecule has 1 aliphatic heterocycles. The van der Waals surface area contributed by atoms with E-state index in [1.54, 1.807) is 19.0 Å². The fourth-order valence-electron chi connectivity index (χ4n) is 2.25. The van der Waals surface area contributed by atoms with Crippen molar-refractivity contribution in [3.8, 4) is 0 Å². The summed E-state index contributed by atoms with van der Waals surface area (Å²) in [4.78, 5) is 27.2. The molecule has 2 atom stereocenters. The van der Waals surface area contributed by atoms with Crippen LogP contribution in [-0.4, -0.2) is 61.9 Å². The minimum Gasteiger partial charge on any atom is -0.347 e. The van der Waals surface area contributed by atoms with Gasteiger partial charge >= 0.3 is 0 Å². The van der Waals surface area contributed by atoms with Crippen molar-refractivity contribution in [1.29, 1.82) is 0 Å². The van der Waals surface area contributed by atoms with E-state index in [0.29, 0.717) is 12.5 Å². The van der Waals surface area contributed by atoms with Crippen molar-refractivity contribution < 1.29 is 9.59 Å². The molecule has 1 saturated heterocycles. The molecule has 0 spiro atoms. The number of hydrogen-bond donors (Lipinski definition) is 1. The number of piperidine rings is 1. The smallest absolute Gasteiger partial charge is 0.241 e. The van der Waals surface area contributed by atoms with Crippen LogP contribution < -0.4 is 5.32 Å². The second kappa shape index (κ2) is 6.73. The molecule has 1 rings (SSSR count). The van der Waals surface area contributed by atoms with E-state index in [-0.39, 0.29) is 24.3 Å². The summed E-state index contributed by atoms with van der Waals surface area (Å²) >= 11 is 0. The zero-order chi connectivity index (χ0) is 13.7. The van der Waals surface area contributed by atoms with Gasteiger partial charge in [0.15, 0.2) is 0 Å². The number of nitrogens with zero attached hydrogens (tertiary/aromatic N) is 2. The summed E-state index contributed by atoms with van der Waals surface area (Å²) in [6, 6.07) is 0. The first kappa shape index (κ1) is 15.0. The van der Waals surface area contributed by atoms with Crippen molar-refractivity contribution in [3.05, 3.63) is 0 Å². The maximum absolute atomic E-state index is 12.3. The highest BCUT2D eigenvalue weighted by Crippen LogP contribution is 2.18. The molecular weight excluding hydrogens is 230 g/mol. The number of hydrogen-bond acceptors (Lipinski definition) is 3. The maximum Gasteiger partial charge on any atom is 0.241 e. The van der Waals surface area contributed by atoms with Gasteiger partial charge in [0.25, 0.3) is 0 Å². The quantitative estimate of drug-likeness (QED) is 0.779. The summed E-state index contributed by atoms with van der Waals surface area (Å²) < 4.78 is 0. The molecule has 2 unspecified atom stereocenters. The van der Waals surface area contributed by atoms with Crippen LogP contribution in [0.1, 0.15) is 20.3 Å². The molecule has 1 N–H and O–H groups in total. The molecule has 1 fully saturated rings. The van der Waals surface area contributed by atoms with Crippen molar-refractivity contribution >= 4 is 11.8 Å². The molecule has 18 heavy (non-hydrogen) atoms. The predicted octanol–water partition coefficient (Wildman–Crippen LogP) is 0.169. The number of rotatable bonds is 4. The van der Waals surface area contributed by atoms with Gasteiger partial charge in [-0.1, -0.05) is 6.92 Å². The molecular formula is C13H25N3O2. The van der Waals surface area contributed by atoms with Crippen LogP contribution in [0.15, 0.2) is 0 Å². The van der Waals surface area contributed by atoms with Crippen LogP contribution in [0.2, 0.25) is 0 Å². The van der Waals surface area contributed by atoms with Crippen LogP contribution in [0.3, 0.4) is 0 Å². The predicted molar refractivity (Wildman–Crippen MR) is 71.1 cm³/mol. The Morgan fingerprint density at radius 3 is 2.44 bits per heavy atom. The normalized spacial score (nSPS) is 23.6. The monoisotopic (exact) mass is 255 g/mol. The number of likely N-dealkylation sites (N-methyl/N-ethyl adjacent to an activating group) is 2. The highest BCUT2D eigenvalue weighted by Gasteiger charge is 2.29. The Labute approximate surface area is 110 Å². The number of amides is 2. The fraction of sp³-hybridized carbons (Fsp3) is 0.846. The van der Waals surface area contributed by atoms with Gasteiger partial charge in [-0.15, -0.1) is 0 Å². The average Bonchev–Trinajstić information content (AvgIpc) is 2.34. The highest BCUT2D eigenvalue weighted by molar-refractivity contribution is 5.85. The van der Waals surface area contributed by atoms with Crippen LogP contribution in [-0.2, 0) is 9.59 Å². The largest absolute Gasteiger partial charge is 0.347 e. The Balaban J connectivity index is 2.58. The lowest BCUT2D eigenvalue weighted by Crippen LogP contribution is -2.48. The summed E-state index contributed by atoms with van der Waals surface area (Å²) in [6.07, 6.45) is 0.915. The molecule has 1 heterocycles. The van der Waals surface area contributed by atoms with Crippen LogP contribution >= 0.6 is 0 Å². The van der Waals surface area contributed by atoms with E-state index in [1.807, 2.05) is 6.92 Å². The van der Waals surface area contributed by atoms with Gasteiger partial charge in [-0.05, 0) is 25.8 Å². The van der Waals surface area contributed by atoms with Crippen LogP contribution in [0, 0.1) is 11.8 Å². The summed E-state index contributed by atoms with van der Waals surface area (Å²) in [6.45, 7) is 6.55. The molecule has 0 aromatic rings. The summed E-state index contributed by atoms with van der Waals surface area (Å²) in [5.41, 5.74) is 0. The molecule has 0 radical (unpaired) electrons. The Bertz CT molecular complexity index is 305. The molecule has 2 amide bonds. The molecule has 0 aromatic carbocycles. The first-order valence-corrected chi connectivity index (χ1v) is 6.65. The minimum absolute atomic E-state index is 0.0173. The topological polar surface area (TPSA) is 52.7 Å². The van der Waals surface area contributed by atoms with E-state index in [9.17, 15) is 9.59 Å². The lowest BCUT2D eigenvalue weighted by molar-refractivity contribution is -0.142. The van der Waals surface area contributed by atoms with Crippen molar-refractivity contribution in [3.63, 3.8) is 0 Å². The van der Waals surface area contributed by atoms with E-state index >= 15 is 0 Å². The van der Waals surface area contributed by atoms with Crippen LogP contribution in [0.5, 0.6) is 0 Å². The molecule has 1 aliphatic rings. The lowest BCUT2D eigenvalue weighted by Gasteiger charge is -2.31. The summed E-state index contributed by atoms with van der Waals surface area (Å²) in [7, 11) is 3.43. The molecule has 0 aliphatic carbocycles. The summed E-state index contributed by atoms with van der Waals surface area (Å²) in [5.74, 6) is 0.619. The van der Waals surface area contributed by atoms with Gasteiger partial charge in [-0.3, -0.25) is 9.59 Å². The molecule has 0 saturated carbocycles. The van der Waals surface area contributed by atoms with Crippen molar-refractivity contribution in [2.75, 3.05) is 40.3 Å². The Morgan fingerprint density at radius 1 is 1.28 bits per heavy atom. The van der Waals surface area contributed by atoms with Crippen molar-refractivity contribution in [2.45, 2.75) is 20.3 Å². The maximum atomic E-state index is 12.3. The van der Waals surface area contributed by atoms with Gasteiger partial charge in [0, 0.05) is 27.2 Å². The number of carbonyl (C=O) groups excluding carboxylic acids is 2. The van der Waals surface area contributed by atoms with Crippen molar-refractivity contribution in [1.82, 2.24) is 15.1 Å². The Hall–Kier alpha value is -1.10. The molecule has 104 valence electrons. The third-order valence-electron chi connectivity index (χ3n) is 3.44. The van der Waals surface area contributed by atoms with E-state index in [4.69, 9.17) is 0 Å².